The van der Waals surface area contributed by atoms with Crippen LogP contribution in [-0.4, -0.2) is 27.4 Å². The predicted molar refractivity (Wildman–Crippen MR) is 101 cm³/mol. The molecule has 5 rings (SSSR count). The molecule has 1 fully saturated rings. The van der Waals surface area contributed by atoms with Crippen molar-refractivity contribution in [1.82, 2.24) is 20.3 Å². The van der Waals surface area contributed by atoms with Gasteiger partial charge in [0, 0.05) is 46.8 Å². The third kappa shape index (κ3) is 2.26. The van der Waals surface area contributed by atoms with Crippen LogP contribution in [0.4, 0.5) is 0 Å². The number of aromatic nitrogens is 3. The summed E-state index contributed by atoms with van der Waals surface area (Å²) in [6, 6.07) is 6.10. The van der Waals surface area contributed by atoms with Crippen LogP contribution in [0.2, 0.25) is 0 Å². The number of aromatic amines is 1. The van der Waals surface area contributed by atoms with Gasteiger partial charge in [-0.25, -0.2) is 9.97 Å². The summed E-state index contributed by atoms with van der Waals surface area (Å²) >= 11 is 0. The van der Waals surface area contributed by atoms with Gasteiger partial charge in [0.25, 0.3) is 5.91 Å². The van der Waals surface area contributed by atoms with E-state index in [0.29, 0.717) is 12.5 Å². The van der Waals surface area contributed by atoms with E-state index in [2.05, 4.69) is 35.2 Å². The predicted octanol–water partition coefficient (Wildman–Crippen LogP) is 3.91. The molecule has 1 amide bonds. The summed E-state index contributed by atoms with van der Waals surface area (Å²) in [7, 11) is 0. The minimum atomic E-state index is -0.0841. The van der Waals surface area contributed by atoms with Crippen molar-refractivity contribution < 1.29 is 4.79 Å². The summed E-state index contributed by atoms with van der Waals surface area (Å²) in [6.45, 7) is 4.99. The largest absolute Gasteiger partial charge is 0.351 e. The number of carbonyl (C=O) groups excluding carboxylic acids is 1. The van der Waals surface area contributed by atoms with Gasteiger partial charge in [0.1, 0.15) is 11.5 Å². The molecular formula is C21H22N4O. The second-order valence-electron chi connectivity index (χ2n) is 8.15. The maximum Gasteiger partial charge on any atom is 0.251 e. The van der Waals surface area contributed by atoms with Gasteiger partial charge in [-0.15, -0.1) is 0 Å². The molecule has 0 atom stereocenters. The lowest BCUT2D eigenvalue weighted by Gasteiger charge is -2.32. The Morgan fingerprint density at radius 3 is 2.81 bits per heavy atom. The maximum absolute atomic E-state index is 12.2. The first-order valence-corrected chi connectivity index (χ1v) is 9.30. The molecule has 0 spiro atoms. The lowest BCUT2D eigenvalue weighted by atomic mass is 9.78. The Hall–Kier alpha value is -2.69. The SMILES string of the molecule is CC1(C)CNC(=O)c2ccc(-c3c[nH]c4nc(C5CCC5)ncc34)cc21. The number of amides is 1. The fourth-order valence-electron chi connectivity index (χ4n) is 3.98. The topological polar surface area (TPSA) is 70.7 Å². The van der Waals surface area contributed by atoms with Gasteiger partial charge < -0.3 is 10.3 Å². The van der Waals surface area contributed by atoms with E-state index in [4.69, 9.17) is 4.98 Å². The molecule has 26 heavy (non-hydrogen) atoms. The highest BCUT2D eigenvalue weighted by Gasteiger charge is 2.32. The molecule has 1 aromatic carbocycles. The van der Waals surface area contributed by atoms with E-state index in [1.807, 2.05) is 24.5 Å². The first kappa shape index (κ1) is 15.6. The molecule has 1 saturated carbocycles. The highest BCUT2D eigenvalue weighted by Crippen LogP contribution is 2.37. The van der Waals surface area contributed by atoms with Gasteiger partial charge in [-0.2, -0.15) is 0 Å². The van der Waals surface area contributed by atoms with Crippen molar-refractivity contribution >= 4 is 16.9 Å². The molecule has 132 valence electrons. The molecule has 5 nitrogen and oxygen atoms in total. The minimum absolute atomic E-state index is 0.0123. The molecule has 3 heterocycles. The van der Waals surface area contributed by atoms with Crippen LogP contribution in [0.15, 0.2) is 30.6 Å². The van der Waals surface area contributed by atoms with Crippen molar-refractivity contribution in [3.63, 3.8) is 0 Å². The molecule has 0 unspecified atom stereocenters. The van der Waals surface area contributed by atoms with E-state index in [1.165, 1.54) is 19.3 Å². The zero-order valence-corrected chi connectivity index (χ0v) is 15.1. The Morgan fingerprint density at radius 2 is 2.04 bits per heavy atom. The fourth-order valence-corrected chi connectivity index (χ4v) is 3.98. The molecular weight excluding hydrogens is 324 g/mol. The average molecular weight is 346 g/mol. The third-order valence-electron chi connectivity index (χ3n) is 5.92. The monoisotopic (exact) mass is 346 g/mol. The van der Waals surface area contributed by atoms with E-state index >= 15 is 0 Å². The van der Waals surface area contributed by atoms with E-state index in [0.717, 1.165) is 39.1 Å². The molecule has 0 bridgehead atoms. The van der Waals surface area contributed by atoms with Gasteiger partial charge in [0.05, 0.1) is 0 Å². The first-order valence-electron chi connectivity index (χ1n) is 9.30. The number of nitrogens with zero attached hydrogens (tertiary/aromatic N) is 2. The summed E-state index contributed by atoms with van der Waals surface area (Å²) in [6.07, 6.45) is 7.61. The standard InChI is InChI=1S/C21H22N4O/c1-21(2)11-24-20(26)14-7-6-13(8-17(14)21)15-9-23-19-16(15)10-22-18(25-19)12-4-3-5-12/h6-10,12H,3-5,11H2,1-2H3,(H,24,26)(H,22,23,25). The van der Waals surface area contributed by atoms with Crippen LogP contribution in [0.1, 0.15) is 60.8 Å². The van der Waals surface area contributed by atoms with Gasteiger partial charge in [-0.1, -0.05) is 26.3 Å². The lowest BCUT2D eigenvalue weighted by Crippen LogP contribution is -2.43. The van der Waals surface area contributed by atoms with Crippen LogP contribution < -0.4 is 5.32 Å². The van der Waals surface area contributed by atoms with E-state index < -0.39 is 0 Å². The molecule has 2 aliphatic rings. The molecule has 0 saturated heterocycles. The minimum Gasteiger partial charge on any atom is -0.351 e. The molecule has 5 heteroatoms. The van der Waals surface area contributed by atoms with E-state index in [9.17, 15) is 4.79 Å². The molecule has 1 aliphatic carbocycles. The van der Waals surface area contributed by atoms with Crippen molar-refractivity contribution in [2.75, 3.05) is 6.54 Å². The van der Waals surface area contributed by atoms with Crippen molar-refractivity contribution in [3.8, 4) is 11.1 Å². The Labute approximate surface area is 152 Å². The van der Waals surface area contributed by atoms with Crippen molar-refractivity contribution in [2.45, 2.75) is 44.4 Å². The van der Waals surface area contributed by atoms with Crippen molar-refractivity contribution in [1.29, 1.82) is 0 Å². The van der Waals surface area contributed by atoms with Crippen LogP contribution in [0.5, 0.6) is 0 Å². The normalized spacial score (nSPS) is 19.1. The third-order valence-corrected chi connectivity index (χ3v) is 5.92. The van der Waals surface area contributed by atoms with Crippen LogP contribution in [-0.2, 0) is 5.41 Å². The zero-order valence-electron chi connectivity index (χ0n) is 15.1. The number of hydrogen-bond donors (Lipinski definition) is 2. The van der Waals surface area contributed by atoms with Crippen LogP contribution in [0.25, 0.3) is 22.2 Å². The molecule has 0 radical (unpaired) electrons. The molecule has 2 N–H and O–H groups in total. The van der Waals surface area contributed by atoms with Gasteiger partial charge in [0.2, 0.25) is 0 Å². The van der Waals surface area contributed by atoms with Gasteiger partial charge in [-0.3, -0.25) is 4.79 Å². The Bertz CT molecular complexity index is 1030. The Kier molecular flexibility index (Phi) is 3.23. The summed E-state index contributed by atoms with van der Waals surface area (Å²) < 4.78 is 0. The molecule has 2 aromatic heterocycles. The van der Waals surface area contributed by atoms with Gasteiger partial charge in [-0.05, 0) is 36.1 Å². The second-order valence-corrected chi connectivity index (χ2v) is 8.15. The van der Waals surface area contributed by atoms with Crippen molar-refractivity contribution in [2.24, 2.45) is 0 Å². The molecule has 1 aliphatic heterocycles. The van der Waals surface area contributed by atoms with Gasteiger partial charge in [0.15, 0.2) is 0 Å². The number of fused-ring (bicyclic) bond motifs is 2. The van der Waals surface area contributed by atoms with Crippen molar-refractivity contribution in [3.05, 3.63) is 47.5 Å². The first-order chi connectivity index (χ1) is 12.5. The Balaban J connectivity index is 1.61. The number of benzene rings is 1. The Morgan fingerprint density at radius 1 is 1.19 bits per heavy atom. The number of carbonyl (C=O) groups is 1. The number of rotatable bonds is 2. The summed E-state index contributed by atoms with van der Waals surface area (Å²) in [5.74, 6) is 1.49. The maximum atomic E-state index is 12.2. The van der Waals surface area contributed by atoms with E-state index in [-0.39, 0.29) is 11.3 Å². The average Bonchev–Trinajstić information content (AvgIpc) is 3.00. The smallest absolute Gasteiger partial charge is 0.251 e. The fraction of sp³-hybridized carbons (Fsp3) is 0.381. The van der Waals surface area contributed by atoms with E-state index in [1.54, 1.807) is 0 Å². The lowest BCUT2D eigenvalue weighted by molar-refractivity contribution is 0.0930. The zero-order chi connectivity index (χ0) is 17.9. The summed E-state index contributed by atoms with van der Waals surface area (Å²) in [5.41, 5.74) is 4.86. The highest BCUT2D eigenvalue weighted by molar-refractivity contribution is 5.99. The highest BCUT2D eigenvalue weighted by atomic mass is 16.1. The van der Waals surface area contributed by atoms with Crippen LogP contribution >= 0.6 is 0 Å². The second kappa shape index (κ2) is 5.40. The number of nitrogens with one attached hydrogen (secondary N) is 2. The summed E-state index contributed by atoms with van der Waals surface area (Å²) in [5, 5.41) is 4.01. The van der Waals surface area contributed by atoms with Crippen LogP contribution in [0.3, 0.4) is 0 Å². The quantitative estimate of drug-likeness (QED) is 0.739. The number of H-pyrrole nitrogens is 1. The number of hydrogen-bond acceptors (Lipinski definition) is 3. The summed E-state index contributed by atoms with van der Waals surface area (Å²) in [4.78, 5) is 24.9. The molecule has 3 aromatic rings. The van der Waals surface area contributed by atoms with Crippen LogP contribution in [0, 0.1) is 0 Å². The van der Waals surface area contributed by atoms with Gasteiger partial charge >= 0.3 is 0 Å².